The second-order valence-electron chi connectivity index (χ2n) is 36.7. The lowest BCUT2D eigenvalue weighted by Gasteiger charge is -2.24. The minimum atomic E-state index is -0.613. The molecular weight excluding hydrogens is 1860 g/mol. The Bertz CT molecular complexity index is 5300. The smallest absolute Gasteiger partial charge is 0.346 e. The van der Waals surface area contributed by atoms with Crippen LogP contribution in [0.5, 0.6) is 0 Å². The molecule has 0 radical (unpaired) electrons. The highest BCUT2D eigenvalue weighted by Gasteiger charge is 2.65. The number of unbranched alkanes of at least 4 members (excludes halogenated alkanes) is 2. The number of allylic oxidation sites excluding steroid dienone is 4. The molecule has 2 aromatic rings. The maximum absolute atomic E-state index is 11.8. The normalized spacial score (nSPS) is 29.3. The van der Waals surface area contributed by atoms with Gasteiger partial charge < -0.3 is 61.6 Å². The van der Waals surface area contributed by atoms with Crippen LogP contribution < -0.4 is 0 Å². The van der Waals surface area contributed by atoms with Crippen LogP contribution in [0, 0.1) is 112 Å². The van der Waals surface area contributed by atoms with Gasteiger partial charge in [0.25, 0.3) is 0 Å². The van der Waals surface area contributed by atoms with E-state index in [1.807, 2.05) is 101 Å². The molecule has 22 unspecified atom stereocenters. The van der Waals surface area contributed by atoms with E-state index < -0.39 is 101 Å². The summed E-state index contributed by atoms with van der Waals surface area (Å²) in [6, 6.07) is 16.4. The highest BCUT2D eigenvalue weighted by molar-refractivity contribution is 6.15. The molecule has 0 aromatic heterocycles. The summed E-state index contributed by atoms with van der Waals surface area (Å²) in [4.78, 5) is 273. The van der Waals surface area contributed by atoms with Gasteiger partial charge in [0.15, 0.2) is 0 Å². The largest absolute Gasteiger partial charge is 0.469 e. The topological polar surface area (TPSA) is 547 Å². The molecule has 142 heavy (non-hydrogen) atoms. The van der Waals surface area contributed by atoms with E-state index in [1.165, 1.54) is 20.1 Å². The maximum Gasteiger partial charge on any atom is 0.346 e. The molecule has 0 N–H and O–H groups in total. The predicted octanol–water partition coefficient (Wildman–Crippen LogP) is 11.4. The third-order valence-electron chi connectivity index (χ3n) is 26.8. The average molecular weight is 1980 g/mol. The lowest BCUT2D eigenvalue weighted by molar-refractivity contribution is -0.159. The summed E-state index contributed by atoms with van der Waals surface area (Å²) in [7, 11) is 1.33. The first-order valence-corrected chi connectivity index (χ1v) is 47.6. The minimum Gasteiger partial charge on any atom is -0.469 e. The van der Waals surface area contributed by atoms with E-state index in [0.29, 0.717) is 47.8 Å². The predicted molar refractivity (Wildman–Crippen MR) is 487 cm³/mol. The number of ether oxygens (including phenoxy) is 13. The highest BCUT2D eigenvalue weighted by atomic mass is 16.6. The fourth-order valence-electron chi connectivity index (χ4n) is 19.1. The van der Waals surface area contributed by atoms with Crippen LogP contribution in [0.2, 0.25) is 0 Å². The van der Waals surface area contributed by atoms with Crippen LogP contribution in [0.3, 0.4) is 0 Å². The first kappa shape index (κ1) is 113. The number of rotatable bonds is 18. The van der Waals surface area contributed by atoms with Crippen LogP contribution in [-0.4, -0.2) is 168 Å². The van der Waals surface area contributed by atoms with Gasteiger partial charge in [0.2, 0.25) is 0 Å². The van der Waals surface area contributed by atoms with E-state index in [4.69, 9.17) is 14.2 Å². The molecule has 19 rings (SSSR count). The van der Waals surface area contributed by atoms with Gasteiger partial charge in [0.1, 0.15) is 23.4 Å². The van der Waals surface area contributed by atoms with E-state index in [1.54, 1.807) is 45.0 Å². The molecule has 22 atom stereocenters. The number of esters is 23. The average Bonchev–Trinajstić information content (AvgIpc) is 1.56. The Morgan fingerprint density at radius 3 is 1.48 bits per heavy atom. The zero-order valence-electron chi connectivity index (χ0n) is 81.4. The third-order valence-corrected chi connectivity index (χ3v) is 26.8. The van der Waals surface area contributed by atoms with Crippen molar-refractivity contribution in [2.24, 2.45) is 112 Å². The van der Waals surface area contributed by atoms with Gasteiger partial charge in [-0.3, -0.25) is 86.3 Å². The Labute approximate surface area is 818 Å². The fraction of sp³-hybridized carbons (Fsp3) is 0.529. The first-order chi connectivity index (χ1) is 67.3. The number of benzene rings is 2. The quantitative estimate of drug-likeness (QED) is 0.0440. The number of carbonyl (C=O) groups is 25. The van der Waals surface area contributed by atoms with Crippen molar-refractivity contribution in [3.63, 3.8) is 0 Å². The monoisotopic (exact) mass is 1980 g/mol. The van der Waals surface area contributed by atoms with Crippen molar-refractivity contribution in [2.75, 3.05) is 7.11 Å². The number of ketones is 2. The Hall–Kier alpha value is -13.8. The number of fused-ring (bicyclic) bond motifs is 12. The number of Topliss-reactive ketones (excluding diaryl/α,β-unsaturated/α-hetero) is 2. The first-order valence-electron chi connectivity index (χ1n) is 47.6. The van der Waals surface area contributed by atoms with E-state index in [2.05, 4.69) is 74.7 Å². The summed E-state index contributed by atoms with van der Waals surface area (Å²) in [6.45, 7) is 26.3. The Morgan fingerprint density at radius 2 is 1.04 bits per heavy atom. The SMILES string of the molecule is C=C1CC(=O)OC1=O.CC/C=C/CC1CC(=O)OC1=O.CC12C=CC(O1)C1C(=O)OC(=O)C12.CC1=CC(=O)OC1=O.CC1CCC2C(=O)OC(=O)C2C1.CCC(c1ccccc1)C1C(=O)OC(=O)C1C.CCCC1C(=O)OC(=O)C1C.CCCCC(C(=O)OC)C1C(=O)CC(=O)C1C.CCCCC(CC)C1CC(=O)OC1=O.O=C1C=CC(=O)O1.O=C1OC(=O)C2C3C=CC(C3)C12.O=C1OC(=O)c2ccccc21. The maximum atomic E-state index is 11.8. The number of hydrogen-bond donors (Lipinski definition) is 0. The Balaban J connectivity index is 0.000000191. The van der Waals surface area contributed by atoms with Gasteiger partial charge in [-0.25, -0.2) is 33.6 Å². The lowest BCUT2D eigenvalue weighted by Crippen LogP contribution is -2.34. The number of carbonyl (C=O) groups excluding carboxylic acids is 25. The van der Waals surface area contributed by atoms with Crippen LogP contribution in [0.15, 0.2) is 127 Å². The van der Waals surface area contributed by atoms with E-state index in [9.17, 15) is 120 Å². The van der Waals surface area contributed by atoms with Gasteiger partial charge in [-0.2, -0.15) is 0 Å². The van der Waals surface area contributed by atoms with Crippen molar-refractivity contribution in [1.82, 2.24) is 0 Å². The minimum absolute atomic E-state index is 0.0224. The van der Waals surface area contributed by atoms with Crippen LogP contribution in [0.25, 0.3) is 0 Å². The van der Waals surface area contributed by atoms with Gasteiger partial charge in [-0.15, -0.1) is 0 Å². The molecule has 0 spiro atoms. The Morgan fingerprint density at radius 1 is 0.479 bits per heavy atom. The fourth-order valence-corrected chi connectivity index (χ4v) is 19.1. The molecule has 764 valence electrons. The Kier molecular flexibility index (Phi) is 42.0. The summed E-state index contributed by atoms with van der Waals surface area (Å²) in [5, 5.41) is 0. The van der Waals surface area contributed by atoms with Crippen LogP contribution in [0.1, 0.15) is 244 Å². The third kappa shape index (κ3) is 29.4. The zero-order chi connectivity index (χ0) is 105. The molecule has 17 aliphatic rings. The highest BCUT2D eigenvalue weighted by Crippen LogP contribution is 2.53. The molecule has 9 saturated heterocycles. The molecule has 3 saturated carbocycles. The summed E-state index contributed by atoms with van der Waals surface area (Å²) < 4.78 is 58.7. The summed E-state index contributed by atoms with van der Waals surface area (Å²) in [5.74, 6) is -12.6. The van der Waals surface area contributed by atoms with E-state index in [0.717, 1.165) is 108 Å². The molecule has 0 amide bonds. The molecule has 2 aromatic carbocycles. The van der Waals surface area contributed by atoms with Crippen molar-refractivity contribution < 1.29 is 181 Å². The van der Waals surface area contributed by atoms with Crippen LogP contribution in [0.4, 0.5) is 0 Å². The van der Waals surface area contributed by atoms with Crippen molar-refractivity contribution in [3.8, 4) is 0 Å². The molecule has 12 fully saturated rings. The van der Waals surface area contributed by atoms with Gasteiger partial charge in [0.05, 0.1) is 121 Å². The van der Waals surface area contributed by atoms with Gasteiger partial charge >= 0.3 is 137 Å². The second-order valence-corrected chi connectivity index (χ2v) is 36.7. The molecular formula is C104H120O38. The van der Waals surface area contributed by atoms with Crippen molar-refractivity contribution >= 4 is 149 Å². The summed E-state index contributed by atoms with van der Waals surface area (Å²) >= 11 is 0. The number of methoxy groups -OCH3 is 1. The molecule has 4 aliphatic carbocycles. The summed E-state index contributed by atoms with van der Waals surface area (Å²) in [5.41, 5.74) is 1.82. The molecule has 13 heterocycles. The van der Waals surface area contributed by atoms with E-state index in [-0.39, 0.29) is 191 Å². The van der Waals surface area contributed by atoms with Gasteiger partial charge in [-0.05, 0) is 125 Å². The van der Waals surface area contributed by atoms with Crippen molar-refractivity contribution in [3.05, 3.63) is 144 Å². The molecule has 38 nitrogen and oxygen atoms in total. The number of hydrogen-bond acceptors (Lipinski definition) is 38. The second kappa shape index (κ2) is 52.6. The standard InChI is InChI=1S/C14H16O3.C13H20O4.C11H18O3.C9H8O4.C9H8O3.2C9H12O3.C8H4O3.C8H12O3.2C5H4O3.C4H2O3/c1-3-11(10-7-5-4-6-8-10)12-9(2)13(15)17-14(12)16;1-4-5-6-9(13(16)17-3)12-8(2)10(14)7-11(12)15;1-3-5-6-8(4-2)9-7-10(12)14-11(9)13;1-9-3-2-4(13-9)5-6(9)8(11)12-7(5)10;10-8-6-4-1-2-5(3-4)7(6)9(11)12-8;1-5-2-3-6-7(4-5)9(11)12-8(6)10;1-2-3-4-5-7-6-8(10)12-9(7)11;9-7-5-3-1-2-4-6(5)8(10)11-7;1-3-4-6-5(2)7(9)11-8(6)10;2*1-3-2-4(6)8-5(3)7;5-3-1-2-4(6)7-3/h4-9,11-12H,3H2,1-2H3;8-9,12H,4-7H2,1-3H3;8-9H,3-7H2,1-2H3;2-6H,1H3;1-2,4-7H,3H2;5-7H,2-4H2,1H3;3-4,7H,2,5-6H2,1H3;1-4H;5-6H,3-4H2,1-2H3;2H,1H3;1-2H2;1-2H/b;;;;;;4-3+;;;;;. The molecule has 38 heteroatoms. The van der Waals surface area contributed by atoms with Crippen molar-refractivity contribution in [2.45, 2.75) is 229 Å². The van der Waals surface area contributed by atoms with Crippen molar-refractivity contribution in [1.29, 1.82) is 0 Å². The van der Waals surface area contributed by atoms with Gasteiger partial charge in [0, 0.05) is 41.2 Å². The lowest BCUT2D eigenvalue weighted by atomic mass is 9.76. The van der Waals surface area contributed by atoms with Gasteiger partial charge in [-0.1, -0.05) is 193 Å². The molecule has 4 bridgehead atoms. The zero-order valence-corrected chi connectivity index (χ0v) is 81.4. The van der Waals surface area contributed by atoms with Crippen LogP contribution >= 0.6 is 0 Å². The van der Waals surface area contributed by atoms with Crippen LogP contribution in [-0.2, 0) is 172 Å². The van der Waals surface area contributed by atoms with E-state index >= 15 is 0 Å². The number of cyclic esters (lactones) is 22. The molecule has 13 aliphatic heterocycles. The summed E-state index contributed by atoms with van der Waals surface area (Å²) in [6.07, 6.45) is 29.7.